The summed E-state index contributed by atoms with van der Waals surface area (Å²) < 4.78 is 0. The van der Waals surface area contributed by atoms with Gasteiger partial charge in [-0.25, -0.2) is 4.98 Å². The van der Waals surface area contributed by atoms with E-state index in [-0.39, 0.29) is 5.54 Å². The van der Waals surface area contributed by atoms with Crippen molar-refractivity contribution in [1.82, 2.24) is 14.9 Å². The zero-order chi connectivity index (χ0) is 11.8. The average Bonchev–Trinajstić information content (AvgIpc) is 2.84. The molecular weight excluding hydrogens is 198 g/mol. The first-order chi connectivity index (χ1) is 7.54. The fraction of sp³-hybridized carbons (Fsp3) is 0.615. The summed E-state index contributed by atoms with van der Waals surface area (Å²) in [5, 5.41) is 0. The molecule has 0 bridgehead atoms. The third-order valence-electron chi connectivity index (χ3n) is 3.48. The number of hydrogen-bond donors (Lipinski definition) is 1. The molecule has 2 rings (SSSR count). The molecule has 0 saturated carbocycles. The molecule has 1 saturated heterocycles. The van der Waals surface area contributed by atoms with Gasteiger partial charge in [-0.15, -0.1) is 6.58 Å². The summed E-state index contributed by atoms with van der Waals surface area (Å²) in [4.78, 5) is 9.86. The van der Waals surface area contributed by atoms with Crippen molar-refractivity contribution in [3.63, 3.8) is 0 Å². The molecule has 0 amide bonds. The molecule has 1 unspecified atom stereocenters. The zero-order valence-corrected chi connectivity index (χ0v) is 10.4. The third kappa shape index (κ3) is 1.92. The van der Waals surface area contributed by atoms with Crippen LogP contribution in [0.4, 0.5) is 0 Å². The molecule has 0 radical (unpaired) electrons. The average molecular weight is 219 g/mol. The van der Waals surface area contributed by atoms with Gasteiger partial charge < -0.3 is 4.98 Å². The summed E-state index contributed by atoms with van der Waals surface area (Å²) in [5.74, 6) is 0.513. The first kappa shape index (κ1) is 11.4. The van der Waals surface area contributed by atoms with E-state index in [4.69, 9.17) is 0 Å². The number of nitrogens with zero attached hydrogens (tertiary/aromatic N) is 2. The normalized spacial score (nSPS) is 27.2. The first-order valence-electron chi connectivity index (χ1n) is 5.91. The van der Waals surface area contributed by atoms with E-state index < -0.39 is 0 Å². The van der Waals surface area contributed by atoms with E-state index >= 15 is 0 Å². The van der Waals surface area contributed by atoms with Gasteiger partial charge in [-0.1, -0.05) is 6.08 Å². The van der Waals surface area contributed by atoms with E-state index in [2.05, 4.69) is 48.3 Å². The van der Waals surface area contributed by atoms with E-state index in [1.165, 1.54) is 12.1 Å². The Morgan fingerprint density at radius 3 is 2.81 bits per heavy atom. The Bertz CT molecular complexity index is 348. The predicted octanol–water partition coefficient (Wildman–Crippen LogP) is 2.55. The monoisotopic (exact) mass is 219 g/mol. The third-order valence-corrected chi connectivity index (χ3v) is 3.48. The largest absolute Gasteiger partial charge is 0.348 e. The van der Waals surface area contributed by atoms with Gasteiger partial charge in [0.05, 0.1) is 6.33 Å². The maximum absolute atomic E-state index is 4.11. The minimum Gasteiger partial charge on any atom is -0.348 e. The smallest absolute Gasteiger partial charge is 0.0921 e. The molecule has 1 aliphatic rings. The Morgan fingerprint density at radius 2 is 2.31 bits per heavy atom. The SMILES string of the molecule is C=C[C@@H]1C(c2cnc[nH]2)CCN1C(C)(C)C. The van der Waals surface area contributed by atoms with Crippen LogP contribution in [-0.4, -0.2) is 33.0 Å². The van der Waals surface area contributed by atoms with Crippen molar-refractivity contribution in [3.8, 4) is 0 Å². The second kappa shape index (κ2) is 4.06. The number of aromatic nitrogens is 2. The van der Waals surface area contributed by atoms with E-state index in [0.717, 1.165) is 6.54 Å². The maximum atomic E-state index is 4.11. The van der Waals surface area contributed by atoms with Crippen molar-refractivity contribution >= 4 is 0 Å². The summed E-state index contributed by atoms with van der Waals surface area (Å²) in [6.45, 7) is 11.9. The predicted molar refractivity (Wildman–Crippen MR) is 66.4 cm³/mol. The van der Waals surface area contributed by atoms with Crippen LogP contribution in [-0.2, 0) is 0 Å². The molecule has 1 N–H and O–H groups in total. The summed E-state index contributed by atoms with van der Waals surface area (Å²) in [6, 6.07) is 0.417. The lowest BCUT2D eigenvalue weighted by molar-refractivity contribution is 0.139. The van der Waals surface area contributed by atoms with Crippen molar-refractivity contribution < 1.29 is 0 Å². The molecule has 2 heterocycles. The Morgan fingerprint density at radius 1 is 1.56 bits per heavy atom. The van der Waals surface area contributed by atoms with E-state index in [1.54, 1.807) is 6.33 Å². The number of H-pyrrole nitrogens is 1. The van der Waals surface area contributed by atoms with Gasteiger partial charge >= 0.3 is 0 Å². The molecule has 0 spiro atoms. The maximum Gasteiger partial charge on any atom is 0.0921 e. The molecule has 1 fully saturated rings. The molecule has 88 valence electrons. The van der Waals surface area contributed by atoms with Crippen LogP contribution in [0.3, 0.4) is 0 Å². The van der Waals surface area contributed by atoms with E-state index in [9.17, 15) is 0 Å². The number of aromatic amines is 1. The van der Waals surface area contributed by atoms with Crippen LogP contribution in [0.5, 0.6) is 0 Å². The van der Waals surface area contributed by atoms with Gasteiger partial charge in [-0.3, -0.25) is 4.90 Å². The highest BCUT2D eigenvalue weighted by Gasteiger charge is 2.38. The lowest BCUT2D eigenvalue weighted by Crippen LogP contribution is -2.44. The van der Waals surface area contributed by atoms with Crippen LogP contribution in [0.15, 0.2) is 25.2 Å². The van der Waals surface area contributed by atoms with Crippen LogP contribution in [0, 0.1) is 0 Å². The summed E-state index contributed by atoms with van der Waals surface area (Å²) in [5.41, 5.74) is 1.44. The molecule has 2 atom stereocenters. The Hall–Kier alpha value is -1.09. The van der Waals surface area contributed by atoms with Crippen molar-refractivity contribution in [1.29, 1.82) is 0 Å². The second-order valence-corrected chi connectivity index (χ2v) is 5.49. The minimum atomic E-state index is 0.202. The van der Waals surface area contributed by atoms with Gasteiger partial charge in [0, 0.05) is 29.4 Å². The van der Waals surface area contributed by atoms with E-state index in [0.29, 0.717) is 12.0 Å². The van der Waals surface area contributed by atoms with Gasteiger partial charge in [0.25, 0.3) is 0 Å². The summed E-state index contributed by atoms with van der Waals surface area (Å²) >= 11 is 0. The van der Waals surface area contributed by atoms with Crippen molar-refractivity contribution in [2.75, 3.05) is 6.54 Å². The Labute approximate surface area is 97.6 Å². The molecular formula is C13H21N3. The highest BCUT2D eigenvalue weighted by Crippen LogP contribution is 2.36. The fourth-order valence-corrected chi connectivity index (χ4v) is 2.70. The number of nitrogens with one attached hydrogen (secondary N) is 1. The molecule has 1 aromatic rings. The molecule has 1 aromatic heterocycles. The molecule has 0 aliphatic carbocycles. The van der Waals surface area contributed by atoms with Crippen LogP contribution in [0.2, 0.25) is 0 Å². The summed E-state index contributed by atoms with van der Waals surface area (Å²) in [6.07, 6.45) is 6.95. The topological polar surface area (TPSA) is 31.9 Å². The number of rotatable bonds is 2. The van der Waals surface area contributed by atoms with Crippen molar-refractivity contribution in [3.05, 3.63) is 30.9 Å². The molecule has 1 aliphatic heterocycles. The lowest BCUT2D eigenvalue weighted by atomic mass is 9.95. The lowest BCUT2D eigenvalue weighted by Gasteiger charge is -2.36. The molecule has 16 heavy (non-hydrogen) atoms. The highest BCUT2D eigenvalue weighted by atomic mass is 15.2. The second-order valence-electron chi connectivity index (χ2n) is 5.49. The van der Waals surface area contributed by atoms with Crippen LogP contribution in [0.25, 0.3) is 0 Å². The summed E-state index contributed by atoms with van der Waals surface area (Å²) in [7, 11) is 0. The Kier molecular flexibility index (Phi) is 2.89. The molecule has 3 nitrogen and oxygen atoms in total. The van der Waals surface area contributed by atoms with E-state index in [1.807, 2.05) is 6.20 Å². The zero-order valence-electron chi connectivity index (χ0n) is 10.4. The fourth-order valence-electron chi connectivity index (χ4n) is 2.70. The van der Waals surface area contributed by atoms with Crippen LogP contribution < -0.4 is 0 Å². The number of imidazole rings is 1. The molecule has 0 aromatic carbocycles. The highest BCUT2D eigenvalue weighted by molar-refractivity contribution is 5.16. The first-order valence-corrected chi connectivity index (χ1v) is 5.91. The van der Waals surface area contributed by atoms with Crippen molar-refractivity contribution in [2.45, 2.75) is 44.7 Å². The van der Waals surface area contributed by atoms with Crippen molar-refractivity contribution in [2.24, 2.45) is 0 Å². The number of likely N-dealkylation sites (tertiary alicyclic amines) is 1. The van der Waals surface area contributed by atoms with Gasteiger partial charge in [0.2, 0.25) is 0 Å². The van der Waals surface area contributed by atoms with Crippen LogP contribution in [0.1, 0.15) is 38.8 Å². The van der Waals surface area contributed by atoms with Gasteiger partial charge in [0.15, 0.2) is 0 Å². The van der Waals surface area contributed by atoms with Gasteiger partial charge in [-0.05, 0) is 33.7 Å². The van der Waals surface area contributed by atoms with Gasteiger partial charge in [0.1, 0.15) is 0 Å². The van der Waals surface area contributed by atoms with Gasteiger partial charge in [-0.2, -0.15) is 0 Å². The van der Waals surface area contributed by atoms with Crippen LogP contribution >= 0.6 is 0 Å². The molecule has 3 heteroatoms. The minimum absolute atomic E-state index is 0.202. The quantitative estimate of drug-likeness (QED) is 0.775. The standard InChI is InChI=1S/C13H21N3/c1-5-12-10(11-8-14-9-15-11)6-7-16(12)13(2,3)4/h5,8-10,12H,1,6-7H2,2-4H3,(H,14,15)/t10?,12-/m1/s1. The Balaban J connectivity index is 2.22. The number of hydrogen-bond acceptors (Lipinski definition) is 2.